The van der Waals surface area contributed by atoms with E-state index in [1.54, 1.807) is 48.5 Å². The molecule has 1 amide bonds. The lowest BCUT2D eigenvalue weighted by atomic mass is 10.3. The van der Waals surface area contributed by atoms with E-state index in [1.807, 2.05) is 6.07 Å². The number of nitro groups is 1. The number of para-hydroxylation sites is 1. The van der Waals surface area contributed by atoms with E-state index in [-0.39, 0.29) is 18.2 Å². The number of benzene rings is 2. The third-order valence-corrected chi connectivity index (χ3v) is 3.77. The van der Waals surface area contributed by atoms with Crippen molar-refractivity contribution in [2.75, 3.05) is 24.5 Å². The molecule has 0 unspecified atom stereocenters. The van der Waals surface area contributed by atoms with Crippen LogP contribution in [0.3, 0.4) is 0 Å². The molecule has 30 heavy (non-hydrogen) atoms. The molecular formula is C19H18N6O5. The van der Waals surface area contributed by atoms with Crippen molar-refractivity contribution in [2.24, 2.45) is 0 Å². The number of carbonyl (C=O) groups is 1. The van der Waals surface area contributed by atoms with Crippen molar-refractivity contribution in [1.29, 1.82) is 0 Å². The number of nitrogens with one attached hydrogen (secondary N) is 3. The second-order valence-corrected chi connectivity index (χ2v) is 5.81. The van der Waals surface area contributed by atoms with Gasteiger partial charge in [-0.05, 0) is 24.3 Å². The Labute approximate surface area is 171 Å². The van der Waals surface area contributed by atoms with E-state index >= 15 is 0 Å². The molecule has 0 aliphatic carbocycles. The monoisotopic (exact) mass is 410 g/mol. The first kappa shape index (κ1) is 20.3. The van der Waals surface area contributed by atoms with E-state index < -0.39 is 16.5 Å². The van der Waals surface area contributed by atoms with Crippen LogP contribution in [0.25, 0.3) is 0 Å². The number of hydrogen-bond donors (Lipinski definition) is 3. The van der Waals surface area contributed by atoms with Crippen molar-refractivity contribution in [3.63, 3.8) is 0 Å². The second kappa shape index (κ2) is 9.68. The molecule has 0 spiro atoms. The summed E-state index contributed by atoms with van der Waals surface area (Å²) in [4.78, 5) is 30.7. The highest BCUT2D eigenvalue weighted by Crippen LogP contribution is 2.31. The molecule has 0 radical (unpaired) electrons. The Morgan fingerprint density at radius 2 is 1.80 bits per heavy atom. The van der Waals surface area contributed by atoms with Gasteiger partial charge in [-0.15, -0.1) is 0 Å². The molecule has 0 bridgehead atoms. The van der Waals surface area contributed by atoms with Gasteiger partial charge in [-0.3, -0.25) is 25.8 Å². The van der Waals surface area contributed by atoms with Crippen molar-refractivity contribution < 1.29 is 19.2 Å². The van der Waals surface area contributed by atoms with E-state index in [4.69, 9.17) is 9.47 Å². The highest BCUT2D eigenvalue weighted by atomic mass is 16.6. The van der Waals surface area contributed by atoms with Gasteiger partial charge in [-0.2, -0.15) is 0 Å². The van der Waals surface area contributed by atoms with Gasteiger partial charge in [0.05, 0.1) is 12.0 Å². The largest absolute Gasteiger partial charge is 0.497 e. The number of hydrogen-bond acceptors (Lipinski definition) is 9. The number of anilines is 3. The molecule has 11 nitrogen and oxygen atoms in total. The van der Waals surface area contributed by atoms with Crippen LogP contribution in [-0.2, 0) is 4.79 Å². The summed E-state index contributed by atoms with van der Waals surface area (Å²) in [5.74, 6) is 0.300. The number of ether oxygens (including phenoxy) is 2. The summed E-state index contributed by atoms with van der Waals surface area (Å²) in [6, 6.07) is 15.6. The molecule has 3 rings (SSSR count). The molecule has 2 aromatic carbocycles. The summed E-state index contributed by atoms with van der Waals surface area (Å²) in [5, 5.41) is 14.4. The van der Waals surface area contributed by atoms with E-state index in [0.29, 0.717) is 17.2 Å². The lowest BCUT2D eigenvalue weighted by Gasteiger charge is -2.11. The van der Waals surface area contributed by atoms with Gasteiger partial charge in [0.2, 0.25) is 11.6 Å². The molecular weight excluding hydrogens is 392 g/mol. The molecule has 1 heterocycles. The summed E-state index contributed by atoms with van der Waals surface area (Å²) in [7, 11) is 1.51. The highest BCUT2D eigenvalue weighted by Gasteiger charge is 2.23. The van der Waals surface area contributed by atoms with Gasteiger partial charge in [0.15, 0.2) is 6.61 Å². The average Bonchev–Trinajstić information content (AvgIpc) is 2.77. The quantitative estimate of drug-likeness (QED) is 0.358. The summed E-state index contributed by atoms with van der Waals surface area (Å²) < 4.78 is 10.5. The topological polar surface area (TPSA) is 141 Å². The van der Waals surface area contributed by atoms with E-state index in [1.165, 1.54) is 7.11 Å². The van der Waals surface area contributed by atoms with Gasteiger partial charge < -0.3 is 14.8 Å². The molecule has 3 aromatic rings. The fourth-order valence-electron chi connectivity index (χ4n) is 2.40. The van der Waals surface area contributed by atoms with Crippen LogP contribution in [0, 0.1) is 10.1 Å². The smallest absolute Gasteiger partial charge is 0.355 e. The average molecular weight is 410 g/mol. The Hall–Kier alpha value is -4.41. The van der Waals surface area contributed by atoms with Crippen LogP contribution < -0.4 is 25.6 Å². The first-order valence-corrected chi connectivity index (χ1v) is 8.70. The van der Waals surface area contributed by atoms with Crippen molar-refractivity contribution in [2.45, 2.75) is 0 Å². The summed E-state index contributed by atoms with van der Waals surface area (Å²) >= 11 is 0. The standard InChI is InChI=1S/C19H18N6O5/c1-29-15-9-5-6-13(10-15)22-18-17(25(27)28)19(21-12-20-18)24-23-16(26)11-30-14-7-3-2-4-8-14/h2-10,12H,11H2,1H3,(H,23,26)(H2,20,21,22,24). The number of nitrogens with zero attached hydrogens (tertiary/aromatic N) is 3. The van der Waals surface area contributed by atoms with Crippen LogP contribution in [0.2, 0.25) is 0 Å². The maximum Gasteiger partial charge on any atom is 0.355 e. The highest BCUT2D eigenvalue weighted by molar-refractivity contribution is 5.80. The molecule has 1 aromatic heterocycles. The third-order valence-electron chi connectivity index (χ3n) is 3.77. The maximum atomic E-state index is 12.0. The first-order valence-electron chi connectivity index (χ1n) is 8.70. The number of aromatic nitrogens is 2. The van der Waals surface area contributed by atoms with Gasteiger partial charge in [0.25, 0.3) is 5.91 Å². The molecule has 0 aliphatic heterocycles. The minimum Gasteiger partial charge on any atom is -0.497 e. The molecule has 0 saturated heterocycles. The summed E-state index contributed by atoms with van der Waals surface area (Å²) in [6.45, 7) is -0.287. The fourth-order valence-corrected chi connectivity index (χ4v) is 2.40. The van der Waals surface area contributed by atoms with Gasteiger partial charge in [0.1, 0.15) is 17.8 Å². The predicted molar refractivity (Wildman–Crippen MR) is 109 cm³/mol. The minimum atomic E-state index is -0.655. The molecule has 0 saturated carbocycles. The van der Waals surface area contributed by atoms with E-state index in [9.17, 15) is 14.9 Å². The normalized spacial score (nSPS) is 10.0. The Balaban J connectivity index is 1.69. The Morgan fingerprint density at radius 3 is 2.53 bits per heavy atom. The van der Waals surface area contributed by atoms with Crippen molar-refractivity contribution in [3.8, 4) is 11.5 Å². The van der Waals surface area contributed by atoms with Gasteiger partial charge in [-0.1, -0.05) is 24.3 Å². The molecule has 3 N–H and O–H groups in total. The summed E-state index contributed by atoms with van der Waals surface area (Å²) in [5.41, 5.74) is 4.85. The number of carbonyl (C=O) groups excluding carboxylic acids is 1. The Kier molecular flexibility index (Phi) is 6.56. The Bertz CT molecular complexity index is 1030. The zero-order valence-electron chi connectivity index (χ0n) is 15.9. The van der Waals surface area contributed by atoms with Gasteiger partial charge in [0, 0.05) is 11.8 Å². The number of hydrazine groups is 1. The number of methoxy groups -OCH3 is 1. The molecule has 0 atom stereocenters. The van der Waals surface area contributed by atoms with Crippen LogP contribution in [-0.4, -0.2) is 34.5 Å². The van der Waals surface area contributed by atoms with Crippen LogP contribution >= 0.6 is 0 Å². The van der Waals surface area contributed by atoms with Crippen molar-refractivity contribution in [1.82, 2.24) is 15.4 Å². The zero-order chi connectivity index (χ0) is 21.3. The molecule has 0 aliphatic rings. The molecule has 154 valence electrons. The fraction of sp³-hybridized carbons (Fsp3) is 0.105. The minimum absolute atomic E-state index is 0.0551. The van der Waals surface area contributed by atoms with Gasteiger partial charge >= 0.3 is 5.69 Å². The van der Waals surface area contributed by atoms with Crippen molar-refractivity contribution >= 4 is 28.9 Å². The zero-order valence-corrected chi connectivity index (χ0v) is 15.9. The first-order chi connectivity index (χ1) is 14.6. The summed E-state index contributed by atoms with van der Waals surface area (Å²) in [6.07, 6.45) is 1.13. The lowest BCUT2D eigenvalue weighted by molar-refractivity contribution is -0.383. The Morgan fingerprint density at radius 1 is 1.07 bits per heavy atom. The second-order valence-electron chi connectivity index (χ2n) is 5.81. The van der Waals surface area contributed by atoms with Crippen LogP contribution in [0.15, 0.2) is 60.9 Å². The molecule has 11 heteroatoms. The predicted octanol–water partition coefficient (Wildman–Crippen LogP) is 2.66. The van der Waals surface area contributed by atoms with Crippen molar-refractivity contribution in [3.05, 3.63) is 71.0 Å². The number of rotatable bonds is 9. The van der Waals surface area contributed by atoms with E-state index in [0.717, 1.165) is 6.33 Å². The van der Waals surface area contributed by atoms with Crippen LogP contribution in [0.4, 0.5) is 23.0 Å². The van der Waals surface area contributed by atoms with E-state index in [2.05, 4.69) is 26.1 Å². The van der Waals surface area contributed by atoms with Crippen LogP contribution in [0.5, 0.6) is 11.5 Å². The number of amides is 1. The van der Waals surface area contributed by atoms with Gasteiger partial charge in [-0.25, -0.2) is 9.97 Å². The maximum absolute atomic E-state index is 12.0. The third kappa shape index (κ3) is 5.32. The lowest BCUT2D eigenvalue weighted by Crippen LogP contribution is -2.34. The SMILES string of the molecule is COc1cccc(Nc2ncnc(NNC(=O)COc3ccccc3)c2[N+](=O)[O-])c1. The van der Waals surface area contributed by atoms with Crippen LogP contribution in [0.1, 0.15) is 0 Å². The molecule has 0 fully saturated rings.